The Kier molecular flexibility index (Phi) is 4.60. The first kappa shape index (κ1) is 13.9. The summed E-state index contributed by atoms with van der Waals surface area (Å²) in [5.74, 6) is 0. The van der Waals surface area contributed by atoms with Gasteiger partial charge >= 0.3 is 6.09 Å². The van der Waals surface area contributed by atoms with Gasteiger partial charge in [0.2, 0.25) is 0 Å². The molecule has 0 fully saturated rings. The number of carbonyl (C=O) groups excluding carboxylic acids is 1. The lowest BCUT2D eigenvalue weighted by molar-refractivity contribution is 0.155. The van der Waals surface area contributed by atoms with E-state index in [2.05, 4.69) is 10.6 Å². The first-order valence-electron chi connectivity index (χ1n) is 6.44. The minimum atomic E-state index is -0.452. The third kappa shape index (κ3) is 4.02. The van der Waals surface area contributed by atoms with Gasteiger partial charge < -0.3 is 10.1 Å². The average molecular weight is 270 g/mol. The van der Waals surface area contributed by atoms with E-state index >= 15 is 0 Å². The Hall–Kier alpha value is -2.49. The number of ether oxygens (including phenoxy) is 1. The monoisotopic (exact) mass is 270 g/mol. The van der Waals surface area contributed by atoms with E-state index in [0.29, 0.717) is 0 Å². The topological polar surface area (TPSA) is 50.4 Å². The van der Waals surface area contributed by atoms with Crippen molar-refractivity contribution in [2.75, 3.05) is 17.7 Å². The van der Waals surface area contributed by atoms with Crippen LogP contribution in [0.1, 0.15) is 11.1 Å². The standard InChI is InChI=1S/C16H18N2O2/c1-12-3-7-15(8-4-12)18-16(19)20-11-13-5-9-14(17-2)10-6-13/h3-10,17H,11H2,1-2H3,(H,18,19). The second-order valence-corrected chi connectivity index (χ2v) is 4.51. The van der Waals surface area contributed by atoms with Crippen LogP contribution in [-0.2, 0) is 11.3 Å². The van der Waals surface area contributed by atoms with E-state index in [4.69, 9.17) is 4.74 Å². The second kappa shape index (κ2) is 6.61. The Labute approximate surface area is 118 Å². The Morgan fingerprint density at radius 2 is 1.60 bits per heavy atom. The van der Waals surface area contributed by atoms with Crippen molar-refractivity contribution in [1.82, 2.24) is 0 Å². The van der Waals surface area contributed by atoms with Gasteiger partial charge in [0.15, 0.2) is 0 Å². The van der Waals surface area contributed by atoms with E-state index < -0.39 is 6.09 Å². The molecule has 0 bridgehead atoms. The molecule has 0 aliphatic rings. The molecule has 0 aromatic heterocycles. The van der Waals surface area contributed by atoms with E-state index in [1.165, 1.54) is 0 Å². The lowest BCUT2D eigenvalue weighted by Gasteiger charge is -2.08. The molecule has 4 heteroatoms. The summed E-state index contributed by atoms with van der Waals surface area (Å²) in [7, 11) is 1.86. The maximum atomic E-state index is 11.6. The summed E-state index contributed by atoms with van der Waals surface area (Å²) in [5.41, 5.74) is 3.85. The fraction of sp³-hybridized carbons (Fsp3) is 0.188. The number of amides is 1. The molecule has 0 saturated carbocycles. The molecule has 0 aliphatic carbocycles. The molecule has 0 aliphatic heterocycles. The van der Waals surface area contributed by atoms with Crippen molar-refractivity contribution in [3.05, 3.63) is 59.7 Å². The summed E-state index contributed by atoms with van der Waals surface area (Å²) in [6.45, 7) is 2.25. The lowest BCUT2D eigenvalue weighted by atomic mass is 10.2. The van der Waals surface area contributed by atoms with Gasteiger partial charge in [-0.15, -0.1) is 0 Å². The molecule has 0 spiro atoms. The molecular formula is C16H18N2O2. The Balaban J connectivity index is 1.83. The minimum absolute atomic E-state index is 0.252. The van der Waals surface area contributed by atoms with Crippen LogP contribution in [0.3, 0.4) is 0 Å². The summed E-state index contributed by atoms with van der Waals surface area (Å²) in [6.07, 6.45) is -0.452. The zero-order valence-electron chi connectivity index (χ0n) is 11.6. The molecule has 2 aromatic carbocycles. The molecule has 2 N–H and O–H groups in total. The zero-order chi connectivity index (χ0) is 14.4. The van der Waals surface area contributed by atoms with Crippen LogP contribution < -0.4 is 10.6 Å². The van der Waals surface area contributed by atoms with Crippen LogP contribution in [-0.4, -0.2) is 13.1 Å². The highest BCUT2D eigenvalue weighted by Gasteiger charge is 2.03. The number of benzene rings is 2. The number of carbonyl (C=O) groups is 1. The van der Waals surface area contributed by atoms with Gasteiger partial charge in [0.1, 0.15) is 6.61 Å². The van der Waals surface area contributed by atoms with E-state index in [0.717, 1.165) is 22.5 Å². The second-order valence-electron chi connectivity index (χ2n) is 4.51. The Morgan fingerprint density at radius 3 is 2.20 bits per heavy atom. The van der Waals surface area contributed by atoms with Gasteiger partial charge in [-0.25, -0.2) is 4.79 Å². The van der Waals surface area contributed by atoms with Gasteiger partial charge in [-0.2, -0.15) is 0 Å². The van der Waals surface area contributed by atoms with Crippen molar-refractivity contribution in [2.45, 2.75) is 13.5 Å². The fourth-order valence-corrected chi connectivity index (χ4v) is 1.71. The Morgan fingerprint density at radius 1 is 1.00 bits per heavy atom. The van der Waals surface area contributed by atoms with Crippen molar-refractivity contribution < 1.29 is 9.53 Å². The first-order valence-corrected chi connectivity index (χ1v) is 6.44. The number of hydrogen-bond donors (Lipinski definition) is 2. The Bertz CT molecular complexity index is 562. The molecule has 0 atom stereocenters. The summed E-state index contributed by atoms with van der Waals surface area (Å²) in [4.78, 5) is 11.6. The van der Waals surface area contributed by atoms with E-state index in [-0.39, 0.29) is 6.61 Å². The highest BCUT2D eigenvalue weighted by molar-refractivity contribution is 5.84. The van der Waals surface area contributed by atoms with E-state index in [1.54, 1.807) is 0 Å². The van der Waals surface area contributed by atoms with E-state index in [1.807, 2.05) is 62.5 Å². The van der Waals surface area contributed by atoms with Crippen molar-refractivity contribution in [1.29, 1.82) is 0 Å². The predicted molar refractivity (Wildman–Crippen MR) is 81.0 cm³/mol. The number of nitrogens with one attached hydrogen (secondary N) is 2. The number of hydrogen-bond acceptors (Lipinski definition) is 3. The van der Waals surface area contributed by atoms with Gasteiger partial charge in [-0.05, 0) is 36.8 Å². The molecule has 0 saturated heterocycles. The van der Waals surface area contributed by atoms with Crippen molar-refractivity contribution >= 4 is 17.5 Å². The third-order valence-corrected chi connectivity index (χ3v) is 2.91. The largest absolute Gasteiger partial charge is 0.444 e. The number of anilines is 2. The molecule has 0 unspecified atom stereocenters. The van der Waals surface area contributed by atoms with E-state index in [9.17, 15) is 4.79 Å². The van der Waals surface area contributed by atoms with Crippen LogP contribution in [0.2, 0.25) is 0 Å². The minimum Gasteiger partial charge on any atom is -0.444 e. The molecule has 0 radical (unpaired) electrons. The molecule has 1 amide bonds. The van der Waals surface area contributed by atoms with Crippen LogP contribution in [0.5, 0.6) is 0 Å². The molecule has 0 heterocycles. The normalized spacial score (nSPS) is 9.90. The van der Waals surface area contributed by atoms with Crippen LogP contribution in [0.15, 0.2) is 48.5 Å². The molecule has 2 rings (SSSR count). The van der Waals surface area contributed by atoms with Crippen molar-refractivity contribution in [2.24, 2.45) is 0 Å². The van der Waals surface area contributed by atoms with Crippen LogP contribution >= 0.6 is 0 Å². The maximum Gasteiger partial charge on any atom is 0.411 e. The van der Waals surface area contributed by atoms with Crippen LogP contribution in [0, 0.1) is 6.92 Å². The number of rotatable bonds is 4. The first-order chi connectivity index (χ1) is 9.67. The number of aryl methyl sites for hydroxylation is 1. The summed E-state index contributed by atoms with van der Waals surface area (Å²) >= 11 is 0. The summed E-state index contributed by atoms with van der Waals surface area (Å²) in [6, 6.07) is 15.3. The van der Waals surface area contributed by atoms with Crippen LogP contribution in [0.25, 0.3) is 0 Å². The van der Waals surface area contributed by atoms with Crippen molar-refractivity contribution in [3.8, 4) is 0 Å². The fourth-order valence-electron chi connectivity index (χ4n) is 1.71. The average Bonchev–Trinajstić information content (AvgIpc) is 2.48. The SMILES string of the molecule is CNc1ccc(COC(=O)Nc2ccc(C)cc2)cc1. The van der Waals surface area contributed by atoms with Crippen molar-refractivity contribution in [3.63, 3.8) is 0 Å². The van der Waals surface area contributed by atoms with Gasteiger partial charge in [-0.3, -0.25) is 5.32 Å². The van der Waals surface area contributed by atoms with Gasteiger partial charge in [0, 0.05) is 18.4 Å². The predicted octanol–water partition coefficient (Wildman–Crippen LogP) is 3.79. The molecule has 2 aromatic rings. The van der Waals surface area contributed by atoms with Crippen LogP contribution in [0.4, 0.5) is 16.2 Å². The zero-order valence-corrected chi connectivity index (χ0v) is 11.6. The highest BCUT2D eigenvalue weighted by Crippen LogP contribution is 2.11. The van der Waals surface area contributed by atoms with Gasteiger partial charge in [0.05, 0.1) is 0 Å². The molecular weight excluding hydrogens is 252 g/mol. The smallest absolute Gasteiger partial charge is 0.411 e. The highest BCUT2D eigenvalue weighted by atomic mass is 16.5. The maximum absolute atomic E-state index is 11.6. The molecule has 104 valence electrons. The molecule has 4 nitrogen and oxygen atoms in total. The van der Waals surface area contributed by atoms with Gasteiger partial charge in [-0.1, -0.05) is 29.8 Å². The molecule has 20 heavy (non-hydrogen) atoms. The summed E-state index contributed by atoms with van der Waals surface area (Å²) in [5, 5.41) is 5.72. The summed E-state index contributed by atoms with van der Waals surface area (Å²) < 4.78 is 5.17. The lowest BCUT2D eigenvalue weighted by Crippen LogP contribution is -2.13. The van der Waals surface area contributed by atoms with Gasteiger partial charge in [0.25, 0.3) is 0 Å². The third-order valence-electron chi connectivity index (χ3n) is 2.91. The quantitative estimate of drug-likeness (QED) is 0.888.